The molecule has 24 heavy (non-hydrogen) atoms. The van der Waals surface area contributed by atoms with E-state index in [4.69, 9.17) is 4.99 Å². The predicted molar refractivity (Wildman–Crippen MR) is 112 cm³/mol. The molecule has 0 bridgehead atoms. The molecule has 0 saturated heterocycles. The van der Waals surface area contributed by atoms with Gasteiger partial charge in [0.05, 0.1) is 6.20 Å². The molecule has 1 aromatic rings. The number of aromatic nitrogens is 2. The van der Waals surface area contributed by atoms with Crippen LogP contribution in [0.5, 0.6) is 0 Å². The van der Waals surface area contributed by atoms with Crippen molar-refractivity contribution in [3.8, 4) is 0 Å². The van der Waals surface area contributed by atoms with Crippen molar-refractivity contribution in [2.24, 2.45) is 18.0 Å². The summed E-state index contributed by atoms with van der Waals surface area (Å²) in [4.78, 5) is 4.71. The summed E-state index contributed by atoms with van der Waals surface area (Å²) in [6, 6.07) is 0. The second kappa shape index (κ2) is 12.6. The number of nitrogens with zero attached hydrogens (tertiary/aromatic N) is 3. The maximum absolute atomic E-state index is 4.71. The molecule has 2 rings (SSSR count). The van der Waals surface area contributed by atoms with Crippen LogP contribution in [0.3, 0.4) is 0 Å². The molecule has 5 nitrogen and oxygen atoms in total. The number of hydrogen-bond donors (Lipinski definition) is 2. The first kappa shape index (κ1) is 21.3. The molecule has 138 valence electrons. The van der Waals surface area contributed by atoms with E-state index in [0.29, 0.717) is 0 Å². The molecule has 2 N–H and O–H groups in total. The van der Waals surface area contributed by atoms with Crippen LogP contribution in [-0.4, -0.2) is 35.4 Å². The monoisotopic (exact) mass is 447 g/mol. The van der Waals surface area contributed by atoms with E-state index in [1.165, 1.54) is 50.5 Å². The molecule has 1 fully saturated rings. The fourth-order valence-electron chi connectivity index (χ4n) is 3.31. The van der Waals surface area contributed by atoms with Gasteiger partial charge in [0, 0.05) is 32.9 Å². The molecular weight excluding hydrogens is 413 g/mol. The molecule has 1 saturated carbocycles. The first-order chi connectivity index (χ1) is 11.3. The highest BCUT2D eigenvalue weighted by molar-refractivity contribution is 14.0. The van der Waals surface area contributed by atoms with E-state index in [2.05, 4.69) is 28.9 Å². The summed E-state index contributed by atoms with van der Waals surface area (Å²) in [5, 5.41) is 10.9. The molecule has 0 aliphatic heterocycles. The average Bonchev–Trinajstić information content (AvgIpc) is 2.98. The van der Waals surface area contributed by atoms with Gasteiger partial charge in [0.1, 0.15) is 0 Å². The van der Waals surface area contributed by atoms with Crippen LogP contribution in [0, 0.1) is 5.92 Å². The number of halogens is 1. The van der Waals surface area contributed by atoms with Gasteiger partial charge >= 0.3 is 0 Å². The van der Waals surface area contributed by atoms with Gasteiger partial charge in [0.15, 0.2) is 5.96 Å². The van der Waals surface area contributed by atoms with Gasteiger partial charge in [-0.3, -0.25) is 9.67 Å². The lowest BCUT2D eigenvalue weighted by atomic mass is 9.86. The van der Waals surface area contributed by atoms with Crippen molar-refractivity contribution in [1.82, 2.24) is 20.4 Å². The van der Waals surface area contributed by atoms with Gasteiger partial charge in [-0.1, -0.05) is 32.1 Å². The number of hydrogen-bond acceptors (Lipinski definition) is 2. The zero-order valence-corrected chi connectivity index (χ0v) is 17.6. The number of aryl methyl sites for hydroxylation is 1. The number of nitrogens with one attached hydrogen (secondary N) is 2. The maximum atomic E-state index is 4.71. The Labute approximate surface area is 164 Å². The average molecular weight is 447 g/mol. The minimum Gasteiger partial charge on any atom is -0.357 e. The van der Waals surface area contributed by atoms with Crippen molar-refractivity contribution in [3.63, 3.8) is 0 Å². The minimum atomic E-state index is 0. The van der Waals surface area contributed by atoms with Gasteiger partial charge in [0.25, 0.3) is 0 Å². The van der Waals surface area contributed by atoms with E-state index >= 15 is 0 Å². The van der Waals surface area contributed by atoms with Gasteiger partial charge < -0.3 is 10.6 Å². The fourth-order valence-corrected chi connectivity index (χ4v) is 3.31. The minimum absolute atomic E-state index is 0. The van der Waals surface area contributed by atoms with Crippen molar-refractivity contribution in [2.75, 3.05) is 19.6 Å². The van der Waals surface area contributed by atoms with Crippen molar-refractivity contribution < 1.29 is 0 Å². The normalized spacial score (nSPS) is 15.8. The summed E-state index contributed by atoms with van der Waals surface area (Å²) in [6.45, 7) is 4.83. The third kappa shape index (κ3) is 8.35. The number of guanidine groups is 1. The van der Waals surface area contributed by atoms with E-state index < -0.39 is 0 Å². The Morgan fingerprint density at radius 3 is 2.75 bits per heavy atom. The van der Waals surface area contributed by atoms with Crippen molar-refractivity contribution >= 4 is 29.9 Å². The van der Waals surface area contributed by atoms with Crippen molar-refractivity contribution in [3.05, 3.63) is 18.0 Å². The zero-order chi connectivity index (χ0) is 16.3. The summed E-state index contributed by atoms with van der Waals surface area (Å²) in [5.74, 6) is 1.90. The highest BCUT2D eigenvalue weighted by Gasteiger charge is 2.12. The topological polar surface area (TPSA) is 54.2 Å². The van der Waals surface area contributed by atoms with Crippen LogP contribution < -0.4 is 10.6 Å². The second-order valence-corrected chi connectivity index (χ2v) is 6.61. The summed E-state index contributed by atoms with van der Waals surface area (Å²) in [5.41, 5.74) is 1.26. The first-order valence-electron chi connectivity index (χ1n) is 9.27. The largest absolute Gasteiger partial charge is 0.357 e. The molecule has 0 amide bonds. The molecule has 0 spiro atoms. The van der Waals surface area contributed by atoms with E-state index in [0.717, 1.165) is 37.9 Å². The molecule has 0 unspecified atom stereocenters. The van der Waals surface area contributed by atoms with Gasteiger partial charge in [-0.15, -0.1) is 24.0 Å². The van der Waals surface area contributed by atoms with Gasteiger partial charge in [-0.2, -0.15) is 5.10 Å². The lowest BCUT2D eigenvalue weighted by Crippen LogP contribution is -2.38. The molecular formula is C18H34IN5. The predicted octanol–water partition coefficient (Wildman–Crippen LogP) is 3.50. The number of rotatable bonds is 8. The van der Waals surface area contributed by atoms with E-state index in [1.54, 1.807) is 0 Å². The highest BCUT2D eigenvalue weighted by atomic mass is 127. The van der Waals surface area contributed by atoms with E-state index in [9.17, 15) is 0 Å². The third-order valence-electron chi connectivity index (χ3n) is 4.57. The SMILES string of the molecule is CCNC(=NCCCC1CCCCC1)NCCc1cnn(C)c1.I. The van der Waals surface area contributed by atoms with E-state index in [-0.39, 0.29) is 24.0 Å². The second-order valence-electron chi connectivity index (χ2n) is 6.61. The smallest absolute Gasteiger partial charge is 0.191 e. The van der Waals surface area contributed by atoms with Gasteiger partial charge in [-0.05, 0) is 37.7 Å². The molecule has 0 aromatic carbocycles. The van der Waals surface area contributed by atoms with Crippen molar-refractivity contribution in [2.45, 2.75) is 58.3 Å². The van der Waals surface area contributed by atoms with Crippen LogP contribution in [0.2, 0.25) is 0 Å². The van der Waals surface area contributed by atoms with Crippen LogP contribution in [-0.2, 0) is 13.5 Å². The van der Waals surface area contributed by atoms with Crippen LogP contribution in [0.4, 0.5) is 0 Å². The first-order valence-corrected chi connectivity index (χ1v) is 9.27. The summed E-state index contributed by atoms with van der Waals surface area (Å²) in [7, 11) is 1.95. The lowest BCUT2D eigenvalue weighted by Gasteiger charge is -2.20. The quantitative estimate of drug-likeness (QED) is 0.278. The summed E-state index contributed by atoms with van der Waals surface area (Å²) < 4.78 is 1.85. The fraction of sp³-hybridized carbons (Fsp3) is 0.778. The van der Waals surface area contributed by atoms with E-state index in [1.807, 2.05) is 17.9 Å². The molecule has 1 aliphatic rings. The maximum Gasteiger partial charge on any atom is 0.191 e. The Morgan fingerprint density at radius 2 is 2.08 bits per heavy atom. The Kier molecular flexibility index (Phi) is 11.1. The van der Waals surface area contributed by atoms with Crippen LogP contribution in [0.1, 0.15) is 57.4 Å². The van der Waals surface area contributed by atoms with Crippen LogP contribution >= 0.6 is 24.0 Å². The number of aliphatic imine (C=N–C) groups is 1. The Hall–Kier alpha value is -0.790. The molecule has 0 atom stereocenters. The van der Waals surface area contributed by atoms with Crippen LogP contribution in [0.15, 0.2) is 17.4 Å². The third-order valence-corrected chi connectivity index (χ3v) is 4.57. The zero-order valence-electron chi connectivity index (χ0n) is 15.3. The van der Waals surface area contributed by atoms with Gasteiger partial charge in [0.2, 0.25) is 0 Å². The Morgan fingerprint density at radius 1 is 1.29 bits per heavy atom. The standard InChI is InChI=1S/C18H33N5.HI/c1-3-19-18(21-13-11-17-14-22-23(2)15-17)20-12-7-10-16-8-5-4-6-9-16;/h14-16H,3-13H2,1-2H3,(H2,19,20,21);1H. The van der Waals surface area contributed by atoms with Gasteiger partial charge in [-0.25, -0.2) is 0 Å². The molecule has 1 heterocycles. The van der Waals surface area contributed by atoms with Crippen molar-refractivity contribution in [1.29, 1.82) is 0 Å². The lowest BCUT2D eigenvalue weighted by molar-refractivity contribution is 0.334. The Bertz CT molecular complexity index is 466. The Balaban J connectivity index is 0.00000288. The molecule has 0 radical (unpaired) electrons. The molecule has 6 heteroatoms. The summed E-state index contributed by atoms with van der Waals surface area (Å²) in [6.07, 6.45) is 14.7. The molecule has 1 aliphatic carbocycles. The molecule has 1 aromatic heterocycles. The summed E-state index contributed by atoms with van der Waals surface area (Å²) >= 11 is 0. The van der Waals surface area contributed by atoms with Crippen LogP contribution in [0.25, 0.3) is 0 Å². The highest BCUT2D eigenvalue weighted by Crippen LogP contribution is 2.27.